The number of benzene rings is 1. The third-order valence-corrected chi connectivity index (χ3v) is 7.43. The largest absolute Gasteiger partial charge is 0.372 e. The van der Waals surface area contributed by atoms with Gasteiger partial charge in [0.2, 0.25) is 0 Å². The molecule has 2 aromatic heterocycles. The average Bonchev–Trinajstić information content (AvgIpc) is 3.54. The number of nitrogens with zero attached hydrogens (tertiary/aromatic N) is 3. The lowest BCUT2D eigenvalue weighted by atomic mass is 9.79. The maximum atomic E-state index is 13.0. The highest BCUT2D eigenvalue weighted by atomic mass is 16.5. The Morgan fingerprint density at radius 1 is 1.16 bits per heavy atom. The van der Waals surface area contributed by atoms with Crippen LogP contribution in [0.25, 0.3) is 5.69 Å². The number of anilines is 1. The molecule has 0 saturated carbocycles. The number of aromatic nitrogens is 3. The fourth-order valence-electron chi connectivity index (χ4n) is 5.61. The zero-order valence-electron chi connectivity index (χ0n) is 18.6. The Kier molecular flexibility index (Phi) is 4.27. The van der Waals surface area contributed by atoms with Crippen LogP contribution in [0.3, 0.4) is 0 Å². The van der Waals surface area contributed by atoms with E-state index in [1.807, 2.05) is 11.0 Å². The van der Waals surface area contributed by atoms with E-state index in [-0.39, 0.29) is 17.0 Å². The van der Waals surface area contributed by atoms with E-state index in [1.54, 1.807) is 0 Å². The highest BCUT2D eigenvalue weighted by molar-refractivity contribution is 5.92. The van der Waals surface area contributed by atoms with Gasteiger partial charge in [-0.25, -0.2) is 0 Å². The first-order valence-corrected chi connectivity index (χ1v) is 11.5. The number of likely N-dealkylation sites (tertiary alicyclic amines) is 1. The third-order valence-electron chi connectivity index (χ3n) is 7.43. The van der Waals surface area contributed by atoms with Crippen molar-refractivity contribution in [1.82, 2.24) is 19.7 Å². The predicted molar refractivity (Wildman–Crippen MR) is 122 cm³/mol. The number of aromatic amines is 1. The van der Waals surface area contributed by atoms with Gasteiger partial charge in [0.05, 0.1) is 29.3 Å². The van der Waals surface area contributed by atoms with Crippen LogP contribution < -0.4 is 5.32 Å². The van der Waals surface area contributed by atoms with Gasteiger partial charge in [0, 0.05) is 31.4 Å². The first kappa shape index (κ1) is 19.6. The molecule has 3 aliphatic heterocycles. The van der Waals surface area contributed by atoms with Gasteiger partial charge in [-0.15, -0.1) is 0 Å². The zero-order valence-corrected chi connectivity index (χ0v) is 18.6. The number of carbonyl (C=O) groups is 1. The topological polar surface area (TPSA) is 75.2 Å². The molecule has 32 heavy (non-hydrogen) atoms. The molecule has 0 bridgehead atoms. The van der Waals surface area contributed by atoms with E-state index >= 15 is 0 Å². The molecule has 2 spiro atoms. The van der Waals surface area contributed by atoms with Crippen LogP contribution in [0, 0.1) is 0 Å². The van der Waals surface area contributed by atoms with Gasteiger partial charge in [0.15, 0.2) is 0 Å². The van der Waals surface area contributed by atoms with Crippen LogP contribution in [0.5, 0.6) is 0 Å². The summed E-state index contributed by atoms with van der Waals surface area (Å²) in [6, 6.07) is 14.6. The van der Waals surface area contributed by atoms with E-state index in [2.05, 4.69) is 76.5 Å². The van der Waals surface area contributed by atoms with E-state index in [0.29, 0.717) is 31.3 Å². The lowest BCUT2D eigenvalue weighted by molar-refractivity contribution is -0.0393. The van der Waals surface area contributed by atoms with E-state index in [0.717, 1.165) is 30.6 Å². The maximum Gasteiger partial charge on any atom is 0.274 e. The maximum absolute atomic E-state index is 13.0. The Balaban J connectivity index is 1.20. The van der Waals surface area contributed by atoms with Crippen LogP contribution in [0.4, 0.5) is 5.69 Å². The molecule has 1 aromatic carbocycles. The number of para-hydroxylation sites is 2. The molecule has 2 saturated heterocycles. The van der Waals surface area contributed by atoms with Crippen LogP contribution in [0.1, 0.15) is 60.9 Å². The van der Waals surface area contributed by atoms with Crippen molar-refractivity contribution in [3.63, 3.8) is 0 Å². The van der Waals surface area contributed by atoms with Crippen LogP contribution in [0.15, 0.2) is 48.7 Å². The Morgan fingerprint density at radius 2 is 1.97 bits per heavy atom. The molecule has 3 aliphatic rings. The standard InChI is InChI=1S/C25H29N5O2/c1-17(2)19-14-20(28-27-19)23(31)29-12-9-24(10-13-29)15-25(16-32-24)22-8-5-11-30(22)21-7-4-3-6-18(21)26-25/h3-8,11,14,17,26H,9-10,12-13,15-16H2,1-2H3,(H,27,28). The minimum absolute atomic E-state index is 0.00862. The summed E-state index contributed by atoms with van der Waals surface area (Å²) in [6.45, 7) is 6.20. The van der Waals surface area contributed by atoms with Crippen molar-refractivity contribution in [1.29, 1.82) is 0 Å². The van der Waals surface area contributed by atoms with Gasteiger partial charge >= 0.3 is 0 Å². The molecule has 6 rings (SSSR count). The highest BCUT2D eigenvalue weighted by Gasteiger charge is 2.54. The van der Waals surface area contributed by atoms with Crippen molar-refractivity contribution >= 4 is 11.6 Å². The normalized spacial score (nSPS) is 23.4. The van der Waals surface area contributed by atoms with Crippen molar-refractivity contribution < 1.29 is 9.53 Å². The fraction of sp³-hybridized carbons (Fsp3) is 0.440. The number of H-pyrrole nitrogens is 1. The van der Waals surface area contributed by atoms with Gasteiger partial charge in [-0.05, 0) is 49.1 Å². The van der Waals surface area contributed by atoms with Crippen LogP contribution in [-0.4, -0.2) is 50.9 Å². The first-order chi connectivity index (χ1) is 15.5. The predicted octanol–water partition coefficient (Wildman–Crippen LogP) is 4.04. The summed E-state index contributed by atoms with van der Waals surface area (Å²) in [4.78, 5) is 14.9. The minimum Gasteiger partial charge on any atom is -0.372 e. The van der Waals surface area contributed by atoms with E-state index < -0.39 is 0 Å². The summed E-state index contributed by atoms with van der Waals surface area (Å²) in [5.74, 6) is 0.332. The van der Waals surface area contributed by atoms with Gasteiger partial charge in [-0.2, -0.15) is 5.10 Å². The SMILES string of the molecule is CC(C)c1cc(C(=O)N2CCC3(CC2)CC2(CO3)Nc3ccccc3-n3cccc32)n[nH]1. The lowest BCUT2D eigenvalue weighted by Crippen LogP contribution is -2.48. The highest BCUT2D eigenvalue weighted by Crippen LogP contribution is 2.50. The Labute approximate surface area is 187 Å². The smallest absolute Gasteiger partial charge is 0.274 e. The van der Waals surface area contributed by atoms with Gasteiger partial charge < -0.3 is 19.5 Å². The summed E-state index contributed by atoms with van der Waals surface area (Å²) in [7, 11) is 0. The Morgan fingerprint density at radius 3 is 2.75 bits per heavy atom. The number of hydrogen-bond donors (Lipinski definition) is 2. The Hall–Kier alpha value is -3.06. The van der Waals surface area contributed by atoms with Gasteiger partial charge in [-0.3, -0.25) is 9.89 Å². The fourth-order valence-corrected chi connectivity index (χ4v) is 5.61. The molecule has 1 amide bonds. The monoisotopic (exact) mass is 431 g/mol. The van der Waals surface area contributed by atoms with Crippen molar-refractivity contribution in [3.8, 4) is 5.69 Å². The number of amides is 1. The summed E-state index contributed by atoms with van der Waals surface area (Å²) in [5, 5.41) is 11.1. The molecule has 5 heterocycles. The molecular formula is C25H29N5O2. The average molecular weight is 432 g/mol. The third kappa shape index (κ3) is 2.91. The molecule has 166 valence electrons. The zero-order chi connectivity index (χ0) is 21.9. The minimum atomic E-state index is -0.238. The molecule has 1 atom stereocenters. The summed E-state index contributed by atoms with van der Waals surface area (Å²) in [6.07, 6.45) is 4.72. The molecule has 3 aromatic rings. The van der Waals surface area contributed by atoms with Crippen molar-refractivity contribution in [2.75, 3.05) is 25.0 Å². The second-order valence-corrected chi connectivity index (χ2v) is 9.79. The molecule has 7 nitrogen and oxygen atoms in total. The summed E-state index contributed by atoms with van der Waals surface area (Å²) in [5.41, 5.74) is 4.64. The Bertz CT molecular complexity index is 1170. The van der Waals surface area contributed by atoms with Gasteiger partial charge in [0.1, 0.15) is 11.2 Å². The molecule has 1 unspecified atom stereocenters. The first-order valence-electron chi connectivity index (χ1n) is 11.5. The molecular weight excluding hydrogens is 402 g/mol. The number of ether oxygens (including phenoxy) is 1. The van der Waals surface area contributed by atoms with E-state index in [1.165, 1.54) is 11.4 Å². The molecule has 0 aliphatic carbocycles. The van der Waals surface area contributed by atoms with Crippen molar-refractivity contribution in [2.24, 2.45) is 0 Å². The number of fused-ring (bicyclic) bond motifs is 4. The second kappa shape index (κ2) is 6.97. The molecule has 0 radical (unpaired) electrons. The van der Waals surface area contributed by atoms with E-state index in [9.17, 15) is 4.79 Å². The van der Waals surface area contributed by atoms with E-state index in [4.69, 9.17) is 4.74 Å². The number of piperidine rings is 1. The van der Waals surface area contributed by atoms with Crippen molar-refractivity contribution in [2.45, 2.75) is 50.2 Å². The van der Waals surface area contributed by atoms with Crippen molar-refractivity contribution in [3.05, 3.63) is 65.7 Å². The molecule has 2 N–H and O–H groups in total. The molecule has 2 fully saturated rings. The molecule has 7 heteroatoms. The number of nitrogens with one attached hydrogen (secondary N) is 2. The van der Waals surface area contributed by atoms with Crippen LogP contribution in [0.2, 0.25) is 0 Å². The summed E-state index contributed by atoms with van der Waals surface area (Å²) >= 11 is 0. The van der Waals surface area contributed by atoms with Gasteiger partial charge in [0.25, 0.3) is 5.91 Å². The number of rotatable bonds is 2. The van der Waals surface area contributed by atoms with Crippen LogP contribution >= 0.6 is 0 Å². The van der Waals surface area contributed by atoms with Gasteiger partial charge in [-0.1, -0.05) is 26.0 Å². The number of carbonyl (C=O) groups excluding carboxylic acids is 1. The second-order valence-electron chi connectivity index (χ2n) is 9.79. The lowest BCUT2D eigenvalue weighted by Gasteiger charge is -2.41. The quantitative estimate of drug-likeness (QED) is 0.642. The summed E-state index contributed by atoms with van der Waals surface area (Å²) < 4.78 is 8.84. The number of hydrogen-bond acceptors (Lipinski definition) is 4. The van der Waals surface area contributed by atoms with Crippen LogP contribution in [-0.2, 0) is 10.3 Å².